The van der Waals surface area contributed by atoms with E-state index >= 15 is 0 Å². The Labute approximate surface area is 180 Å². The highest BCUT2D eigenvalue weighted by Crippen LogP contribution is 2.28. The summed E-state index contributed by atoms with van der Waals surface area (Å²) >= 11 is 0. The van der Waals surface area contributed by atoms with Gasteiger partial charge in [0.2, 0.25) is 5.91 Å². The van der Waals surface area contributed by atoms with E-state index in [1.54, 1.807) is 0 Å². The molecule has 5 N–H and O–H groups in total. The number of rotatable bonds is 10. The molecule has 1 atom stereocenters. The maximum atomic E-state index is 12.5. The fourth-order valence-electron chi connectivity index (χ4n) is 3.55. The minimum absolute atomic E-state index is 0.141. The Balaban J connectivity index is 1.68. The largest absolute Gasteiger partial charge is 0.480 e. The van der Waals surface area contributed by atoms with Crippen molar-refractivity contribution < 1.29 is 19.5 Å². The predicted octanol–water partition coefficient (Wildman–Crippen LogP) is 2.72. The van der Waals surface area contributed by atoms with Gasteiger partial charge in [-0.15, -0.1) is 0 Å². The molecule has 0 saturated heterocycles. The number of carboxylic acids is 1. The quantitative estimate of drug-likeness (QED) is 0.375. The van der Waals surface area contributed by atoms with Crippen molar-refractivity contribution >= 4 is 28.8 Å². The highest BCUT2D eigenvalue weighted by molar-refractivity contribution is 5.88. The molecule has 8 nitrogen and oxygen atoms in total. The zero-order chi connectivity index (χ0) is 22.2. The summed E-state index contributed by atoms with van der Waals surface area (Å²) in [6.07, 6.45) is 0.728. The Hall–Kier alpha value is -3.81. The summed E-state index contributed by atoms with van der Waals surface area (Å²) in [6.45, 7) is 0.671. The molecule has 0 spiro atoms. The Morgan fingerprint density at radius 1 is 1.03 bits per heavy atom. The molecule has 3 amide bonds. The molecule has 1 heterocycles. The van der Waals surface area contributed by atoms with Crippen molar-refractivity contribution in [2.45, 2.75) is 31.8 Å². The minimum atomic E-state index is -1.11. The average Bonchev–Trinajstić information content (AvgIpc) is 3.13. The van der Waals surface area contributed by atoms with E-state index in [1.807, 2.05) is 54.6 Å². The van der Waals surface area contributed by atoms with E-state index in [1.165, 1.54) is 0 Å². The number of nitrogens with two attached hydrogens (primary N) is 1. The van der Waals surface area contributed by atoms with Crippen molar-refractivity contribution in [3.05, 3.63) is 60.7 Å². The molecule has 0 unspecified atom stereocenters. The number of benzene rings is 2. The van der Waals surface area contributed by atoms with Gasteiger partial charge in [-0.25, -0.2) is 9.59 Å². The molecule has 3 aromatic rings. The first-order chi connectivity index (χ1) is 15.0. The Kier molecular flexibility index (Phi) is 7.26. The van der Waals surface area contributed by atoms with E-state index in [9.17, 15) is 19.5 Å². The van der Waals surface area contributed by atoms with Crippen molar-refractivity contribution in [1.82, 2.24) is 15.2 Å². The van der Waals surface area contributed by atoms with Crippen molar-refractivity contribution in [3.8, 4) is 11.3 Å². The maximum absolute atomic E-state index is 12.5. The second-order valence-corrected chi connectivity index (χ2v) is 7.25. The second kappa shape index (κ2) is 10.3. The lowest BCUT2D eigenvalue weighted by atomic mass is 10.1. The highest BCUT2D eigenvalue weighted by Gasteiger charge is 2.20. The van der Waals surface area contributed by atoms with Gasteiger partial charge in [0, 0.05) is 36.1 Å². The number of aliphatic carboxylic acids is 1. The third-order valence-corrected chi connectivity index (χ3v) is 5.04. The van der Waals surface area contributed by atoms with E-state index in [0.29, 0.717) is 13.0 Å². The molecule has 31 heavy (non-hydrogen) atoms. The molecule has 0 fully saturated rings. The summed E-state index contributed by atoms with van der Waals surface area (Å²) in [4.78, 5) is 34.7. The van der Waals surface area contributed by atoms with Crippen LogP contribution in [0.3, 0.4) is 0 Å². The molecule has 3 rings (SSSR count). The lowest BCUT2D eigenvalue weighted by Crippen LogP contribution is -2.41. The molecule has 0 saturated carbocycles. The topological polar surface area (TPSA) is 126 Å². The van der Waals surface area contributed by atoms with Gasteiger partial charge >= 0.3 is 12.0 Å². The number of urea groups is 1. The highest BCUT2D eigenvalue weighted by atomic mass is 16.4. The monoisotopic (exact) mass is 422 g/mol. The Morgan fingerprint density at radius 2 is 1.74 bits per heavy atom. The normalized spacial score (nSPS) is 11.7. The van der Waals surface area contributed by atoms with Crippen molar-refractivity contribution in [3.63, 3.8) is 0 Å². The number of carbonyl (C=O) groups excluding carboxylic acids is 2. The number of fused-ring (bicyclic) bond motifs is 1. The average molecular weight is 422 g/mol. The fraction of sp³-hybridized carbons (Fsp3) is 0.261. The SMILES string of the molecule is NC(=O)NCCC[C@@H](NC(=O)CCn1c(-c2ccccc2)cc2ccccc21)C(=O)O. The third-order valence-electron chi connectivity index (χ3n) is 5.04. The van der Waals surface area contributed by atoms with E-state index < -0.39 is 18.0 Å². The van der Waals surface area contributed by atoms with Crippen LogP contribution in [0.15, 0.2) is 60.7 Å². The number of hydrogen-bond donors (Lipinski definition) is 4. The summed E-state index contributed by atoms with van der Waals surface area (Å²) < 4.78 is 2.08. The van der Waals surface area contributed by atoms with Gasteiger partial charge in [0.05, 0.1) is 0 Å². The molecule has 162 valence electrons. The Bertz CT molecular complexity index is 1060. The summed E-state index contributed by atoms with van der Waals surface area (Å²) in [5.41, 5.74) is 8.05. The summed E-state index contributed by atoms with van der Waals surface area (Å²) in [5, 5.41) is 15.4. The molecule has 0 aliphatic carbocycles. The smallest absolute Gasteiger partial charge is 0.326 e. The van der Waals surface area contributed by atoms with E-state index in [-0.39, 0.29) is 25.3 Å². The molecular formula is C23H26N4O4. The zero-order valence-electron chi connectivity index (χ0n) is 17.1. The number of nitrogens with zero attached hydrogens (tertiary/aromatic N) is 1. The number of carbonyl (C=O) groups is 3. The first-order valence-corrected chi connectivity index (χ1v) is 10.1. The van der Waals surface area contributed by atoms with Gasteiger partial charge < -0.3 is 26.0 Å². The number of carboxylic acid groups (broad SMARTS) is 1. The van der Waals surface area contributed by atoms with Crippen LogP contribution in [0, 0.1) is 0 Å². The van der Waals surface area contributed by atoms with Gasteiger partial charge in [0.1, 0.15) is 6.04 Å². The fourth-order valence-corrected chi connectivity index (χ4v) is 3.55. The molecule has 1 aromatic heterocycles. The molecule has 2 aromatic carbocycles. The molecular weight excluding hydrogens is 396 g/mol. The number of aryl methyl sites for hydroxylation is 1. The minimum Gasteiger partial charge on any atom is -0.480 e. The van der Waals surface area contributed by atoms with Crippen LogP contribution in [0.5, 0.6) is 0 Å². The Morgan fingerprint density at radius 3 is 2.45 bits per heavy atom. The van der Waals surface area contributed by atoms with Crippen LogP contribution in [0.25, 0.3) is 22.2 Å². The first-order valence-electron chi connectivity index (χ1n) is 10.1. The second-order valence-electron chi connectivity index (χ2n) is 7.25. The van der Waals surface area contributed by atoms with Crippen molar-refractivity contribution in [2.75, 3.05) is 6.54 Å². The van der Waals surface area contributed by atoms with Gasteiger partial charge in [-0.1, -0.05) is 48.5 Å². The molecule has 0 aliphatic rings. The standard InChI is InChI=1S/C23H26N4O4/c24-23(31)25-13-6-10-18(22(29)30)26-21(28)12-14-27-19-11-5-4-9-17(19)15-20(27)16-7-2-1-3-8-16/h1-5,7-9,11,15,18H,6,10,12-14H2,(H,26,28)(H,29,30)(H3,24,25,31)/t18-/m1/s1. The number of nitrogens with one attached hydrogen (secondary N) is 2. The number of aromatic nitrogens is 1. The zero-order valence-corrected chi connectivity index (χ0v) is 17.1. The number of hydrogen-bond acceptors (Lipinski definition) is 3. The number of primary amides is 1. The van der Waals surface area contributed by atoms with E-state index in [2.05, 4.69) is 21.3 Å². The van der Waals surface area contributed by atoms with Crippen LogP contribution in [-0.4, -0.2) is 40.2 Å². The van der Waals surface area contributed by atoms with Crippen LogP contribution in [-0.2, 0) is 16.1 Å². The van der Waals surface area contributed by atoms with Crippen molar-refractivity contribution in [2.24, 2.45) is 5.73 Å². The molecule has 0 radical (unpaired) electrons. The van der Waals surface area contributed by atoms with Gasteiger partial charge in [-0.05, 0) is 30.5 Å². The number of amides is 3. The van der Waals surface area contributed by atoms with Gasteiger partial charge in [0.25, 0.3) is 0 Å². The van der Waals surface area contributed by atoms with Crippen LogP contribution < -0.4 is 16.4 Å². The van der Waals surface area contributed by atoms with Crippen LogP contribution in [0.1, 0.15) is 19.3 Å². The van der Waals surface area contributed by atoms with Crippen LogP contribution in [0.4, 0.5) is 4.79 Å². The lowest BCUT2D eigenvalue weighted by molar-refractivity contribution is -0.142. The molecule has 0 bridgehead atoms. The molecule has 8 heteroatoms. The van der Waals surface area contributed by atoms with Gasteiger partial charge in [-0.3, -0.25) is 4.79 Å². The molecule has 0 aliphatic heterocycles. The van der Waals surface area contributed by atoms with E-state index in [0.717, 1.165) is 22.2 Å². The van der Waals surface area contributed by atoms with Crippen LogP contribution >= 0.6 is 0 Å². The van der Waals surface area contributed by atoms with Gasteiger partial charge in [0.15, 0.2) is 0 Å². The first kappa shape index (κ1) is 21.9. The lowest BCUT2D eigenvalue weighted by Gasteiger charge is -2.16. The summed E-state index contributed by atoms with van der Waals surface area (Å²) in [6, 6.07) is 18.3. The number of para-hydroxylation sites is 1. The maximum Gasteiger partial charge on any atom is 0.326 e. The van der Waals surface area contributed by atoms with E-state index in [4.69, 9.17) is 5.73 Å². The predicted molar refractivity (Wildman–Crippen MR) is 118 cm³/mol. The third kappa shape index (κ3) is 5.85. The van der Waals surface area contributed by atoms with Crippen LogP contribution in [0.2, 0.25) is 0 Å². The van der Waals surface area contributed by atoms with Gasteiger partial charge in [-0.2, -0.15) is 0 Å². The summed E-state index contributed by atoms with van der Waals surface area (Å²) in [5.74, 6) is -1.45. The van der Waals surface area contributed by atoms with Crippen molar-refractivity contribution in [1.29, 1.82) is 0 Å². The summed E-state index contributed by atoms with van der Waals surface area (Å²) in [7, 11) is 0.